The number of allylic oxidation sites excluding steroid dienone is 1. The Labute approximate surface area is 84.4 Å². The van der Waals surface area contributed by atoms with E-state index >= 15 is 0 Å². The summed E-state index contributed by atoms with van der Waals surface area (Å²) in [7, 11) is 0. The third-order valence-electron chi connectivity index (χ3n) is 3.23. The number of aliphatic carboxylic acids is 1. The van der Waals surface area contributed by atoms with Gasteiger partial charge < -0.3 is 10.2 Å². The predicted octanol–water partition coefficient (Wildman–Crippen LogP) is 1.96. The molecule has 0 aromatic heterocycles. The molecule has 1 fully saturated rings. The Balaban J connectivity index is 2.84. The zero-order chi connectivity index (χ0) is 10.6. The number of hydrogen-bond donors (Lipinski definition) is 2. The molecule has 0 saturated heterocycles. The summed E-state index contributed by atoms with van der Waals surface area (Å²) in [4.78, 5) is 10.7. The molecule has 0 aromatic rings. The Bertz CT molecular complexity index is 237. The van der Waals surface area contributed by atoms with Crippen LogP contribution in [0.25, 0.3) is 0 Å². The topological polar surface area (TPSA) is 57.5 Å². The molecule has 2 N–H and O–H groups in total. The summed E-state index contributed by atoms with van der Waals surface area (Å²) in [6.07, 6.45) is 7.19. The highest BCUT2D eigenvalue weighted by molar-refractivity contribution is 5.86. The van der Waals surface area contributed by atoms with Gasteiger partial charge in [0.1, 0.15) is 0 Å². The number of carbonyl (C=O) groups is 1. The van der Waals surface area contributed by atoms with Crippen LogP contribution in [0.5, 0.6) is 0 Å². The maximum absolute atomic E-state index is 10.7. The highest BCUT2D eigenvalue weighted by atomic mass is 16.4. The first-order chi connectivity index (χ1) is 6.63. The number of rotatable bonds is 4. The van der Waals surface area contributed by atoms with E-state index in [0.717, 1.165) is 19.3 Å². The molecule has 0 bridgehead atoms. The smallest absolute Gasteiger partial charge is 0.333 e. The lowest BCUT2D eigenvalue weighted by Crippen LogP contribution is -2.16. The zero-order valence-electron chi connectivity index (χ0n) is 8.62. The summed E-state index contributed by atoms with van der Waals surface area (Å²) in [5.74, 6) is -0.993. The van der Waals surface area contributed by atoms with Gasteiger partial charge in [-0.2, -0.15) is 0 Å². The fraction of sp³-hybridized carbons (Fsp3) is 0.727. The molecule has 1 aliphatic rings. The molecule has 0 aliphatic heterocycles. The summed E-state index contributed by atoms with van der Waals surface area (Å²) in [5.41, 5.74) is 0.185. The van der Waals surface area contributed by atoms with E-state index in [1.54, 1.807) is 6.08 Å². The Morgan fingerprint density at radius 1 is 1.43 bits per heavy atom. The SMILES string of the molecule is CCC1(C=C(CO)C(=O)O)CCCC1. The molecule has 0 unspecified atom stereocenters. The minimum atomic E-state index is -0.993. The molecule has 80 valence electrons. The third kappa shape index (κ3) is 2.35. The van der Waals surface area contributed by atoms with Gasteiger partial charge in [0.15, 0.2) is 0 Å². The summed E-state index contributed by atoms with van der Waals surface area (Å²) < 4.78 is 0. The van der Waals surface area contributed by atoms with Crippen molar-refractivity contribution in [3.05, 3.63) is 11.6 Å². The van der Waals surface area contributed by atoms with Crippen LogP contribution in [0, 0.1) is 5.41 Å². The highest BCUT2D eigenvalue weighted by Gasteiger charge is 2.30. The molecule has 0 amide bonds. The molecule has 1 saturated carbocycles. The molecule has 0 radical (unpaired) electrons. The van der Waals surface area contributed by atoms with Crippen LogP contribution in [0.4, 0.5) is 0 Å². The molecule has 3 nitrogen and oxygen atoms in total. The van der Waals surface area contributed by atoms with Gasteiger partial charge >= 0.3 is 5.97 Å². The fourth-order valence-electron chi connectivity index (χ4n) is 2.22. The van der Waals surface area contributed by atoms with Crippen molar-refractivity contribution in [2.24, 2.45) is 5.41 Å². The van der Waals surface area contributed by atoms with Gasteiger partial charge in [-0.15, -0.1) is 0 Å². The molecule has 1 aliphatic carbocycles. The van der Waals surface area contributed by atoms with E-state index in [-0.39, 0.29) is 17.6 Å². The van der Waals surface area contributed by atoms with Crippen molar-refractivity contribution < 1.29 is 15.0 Å². The lowest BCUT2D eigenvalue weighted by atomic mass is 9.81. The number of aliphatic hydroxyl groups excluding tert-OH is 1. The first kappa shape index (κ1) is 11.2. The van der Waals surface area contributed by atoms with E-state index in [9.17, 15) is 4.79 Å². The van der Waals surface area contributed by atoms with E-state index in [4.69, 9.17) is 10.2 Å². The minimum Gasteiger partial charge on any atom is -0.478 e. The summed E-state index contributed by atoms with van der Waals surface area (Å²) >= 11 is 0. The monoisotopic (exact) mass is 198 g/mol. The molecule has 14 heavy (non-hydrogen) atoms. The molecule has 0 aromatic carbocycles. The van der Waals surface area contributed by atoms with Gasteiger partial charge in [-0.3, -0.25) is 0 Å². The standard InChI is InChI=1S/C11H18O3/c1-2-11(5-3-4-6-11)7-9(8-12)10(13)14/h7,12H,2-6,8H2,1H3,(H,13,14). The number of carboxylic acid groups (broad SMARTS) is 1. The largest absolute Gasteiger partial charge is 0.478 e. The average molecular weight is 198 g/mol. The van der Waals surface area contributed by atoms with Crippen molar-refractivity contribution in [1.29, 1.82) is 0 Å². The summed E-state index contributed by atoms with van der Waals surface area (Å²) in [5, 5.41) is 17.7. The Kier molecular flexibility index (Phi) is 3.69. The summed E-state index contributed by atoms with van der Waals surface area (Å²) in [6.45, 7) is 1.72. The van der Waals surface area contributed by atoms with Crippen molar-refractivity contribution in [2.75, 3.05) is 6.61 Å². The van der Waals surface area contributed by atoms with Crippen molar-refractivity contribution in [3.63, 3.8) is 0 Å². The van der Waals surface area contributed by atoms with Crippen LogP contribution in [0.1, 0.15) is 39.0 Å². The van der Waals surface area contributed by atoms with E-state index in [1.807, 2.05) is 0 Å². The van der Waals surface area contributed by atoms with Gasteiger partial charge in [0.25, 0.3) is 0 Å². The second kappa shape index (κ2) is 4.60. The van der Waals surface area contributed by atoms with Gasteiger partial charge in [-0.25, -0.2) is 4.79 Å². The average Bonchev–Trinajstić information content (AvgIpc) is 2.63. The van der Waals surface area contributed by atoms with Gasteiger partial charge in [0, 0.05) is 0 Å². The van der Waals surface area contributed by atoms with Crippen LogP contribution < -0.4 is 0 Å². The number of hydrogen-bond acceptors (Lipinski definition) is 2. The molecular weight excluding hydrogens is 180 g/mol. The minimum absolute atomic E-state index is 0.0381. The van der Waals surface area contributed by atoms with Gasteiger partial charge in [0.05, 0.1) is 12.2 Å². The Morgan fingerprint density at radius 2 is 2.00 bits per heavy atom. The summed E-state index contributed by atoms with van der Waals surface area (Å²) in [6, 6.07) is 0. The second-order valence-electron chi connectivity index (χ2n) is 4.06. The van der Waals surface area contributed by atoms with E-state index < -0.39 is 5.97 Å². The van der Waals surface area contributed by atoms with Gasteiger partial charge in [-0.05, 0) is 24.7 Å². The highest BCUT2D eigenvalue weighted by Crippen LogP contribution is 2.42. The second-order valence-corrected chi connectivity index (χ2v) is 4.06. The third-order valence-corrected chi connectivity index (χ3v) is 3.23. The van der Waals surface area contributed by atoms with E-state index in [0.29, 0.717) is 0 Å². The van der Waals surface area contributed by atoms with Crippen LogP contribution in [-0.4, -0.2) is 22.8 Å². The van der Waals surface area contributed by atoms with Crippen LogP contribution in [0.15, 0.2) is 11.6 Å². The maximum Gasteiger partial charge on any atom is 0.333 e. The van der Waals surface area contributed by atoms with Crippen LogP contribution >= 0.6 is 0 Å². The number of carboxylic acids is 1. The fourth-order valence-corrected chi connectivity index (χ4v) is 2.22. The molecule has 1 rings (SSSR count). The van der Waals surface area contributed by atoms with Gasteiger partial charge in [0.2, 0.25) is 0 Å². The lowest BCUT2D eigenvalue weighted by Gasteiger charge is -2.23. The van der Waals surface area contributed by atoms with Crippen molar-refractivity contribution in [2.45, 2.75) is 39.0 Å². The lowest BCUT2D eigenvalue weighted by molar-refractivity contribution is -0.133. The first-order valence-electron chi connectivity index (χ1n) is 5.19. The first-order valence-corrected chi connectivity index (χ1v) is 5.19. The maximum atomic E-state index is 10.7. The normalized spacial score (nSPS) is 21.1. The quantitative estimate of drug-likeness (QED) is 0.679. The van der Waals surface area contributed by atoms with Crippen LogP contribution in [0.2, 0.25) is 0 Å². The predicted molar refractivity (Wildman–Crippen MR) is 54.0 cm³/mol. The van der Waals surface area contributed by atoms with Crippen LogP contribution in [0.3, 0.4) is 0 Å². The molecular formula is C11H18O3. The van der Waals surface area contributed by atoms with Gasteiger partial charge in [-0.1, -0.05) is 25.8 Å². The zero-order valence-corrected chi connectivity index (χ0v) is 8.62. The van der Waals surface area contributed by atoms with Crippen LogP contribution in [-0.2, 0) is 4.79 Å². The molecule has 0 heterocycles. The van der Waals surface area contributed by atoms with Crippen molar-refractivity contribution in [1.82, 2.24) is 0 Å². The molecule has 3 heteroatoms. The van der Waals surface area contributed by atoms with Crippen molar-refractivity contribution >= 4 is 5.97 Å². The van der Waals surface area contributed by atoms with E-state index in [1.165, 1.54) is 12.8 Å². The molecule has 0 spiro atoms. The Morgan fingerprint density at radius 3 is 2.36 bits per heavy atom. The number of aliphatic hydroxyl groups is 1. The Hall–Kier alpha value is -0.830. The van der Waals surface area contributed by atoms with E-state index in [2.05, 4.69) is 6.92 Å². The van der Waals surface area contributed by atoms with Crippen molar-refractivity contribution in [3.8, 4) is 0 Å². The molecule has 0 atom stereocenters.